The maximum absolute atomic E-state index is 14.1. The van der Waals surface area contributed by atoms with Gasteiger partial charge >= 0.3 is 6.03 Å². The van der Waals surface area contributed by atoms with Crippen LogP contribution in [0.3, 0.4) is 0 Å². The Bertz CT molecular complexity index is 1280. The summed E-state index contributed by atoms with van der Waals surface area (Å²) in [5, 5.41) is 15.9. The fourth-order valence-corrected chi connectivity index (χ4v) is 3.84. The van der Waals surface area contributed by atoms with Gasteiger partial charge in [-0.15, -0.1) is 0 Å². The number of amides is 2. The first kappa shape index (κ1) is 22.8. The molecule has 0 aliphatic heterocycles. The maximum Gasteiger partial charge on any atom is 0.319 e. The lowest BCUT2D eigenvalue weighted by Crippen LogP contribution is -2.34. The van der Waals surface area contributed by atoms with Crippen molar-refractivity contribution < 1.29 is 23.8 Å². The number of nitrogens with one attached hydrogen (secondary N) is 2. The van der Waals surface area contributed by atoms with Crippen LogP contribution in [0.1, 0.15) is 29.2 Å². The van der Waals surface area contributed by atoms with Crippen LogP contribution in [-0.4, -0.2) is 30.3 Å². The minimum Gasteiger partial charge on any atom is -0.502 e. The Balaban J connectivity index is 1.68. The fraction of sp³-hybridized carbons (Fsp3) is 0.154. The third-order valence-electron chi connectivity index (χ3n) is 5.56. The summed E-state index contributed by atoms with van der Waals surface area (Å²) in [5.74, 6) is -0.261. The van der Waals surface area contributed by atoms with Gasteiger partial charge in [-0.25, -0.2) is 9.78 Å². The number of ether oxygens (including phenoxy) is 2. The van der Waals surface area contributed by atoms with E-state index >= 15 is 0 Å². The SMILES string of the molecule is COc1cc(C=C2C(C)=C(NC(=O)NCc3ccccc3)c3cnc(F)cc32)cc(OC)c1O. The van der Waals surface area contributed by atoms with E-state index in [4.69, 9.17) is 9.47 Å². The number of phenols is 1. The number of fused-ring (bicyclic) bond motifs is 1. The summed E-state index contributed by atoms with van der Waals surface area (Å²) in [5.41, 5.74) is 4.81. The zero-order chi connectivity index (χ0) is 24.2. The fourth-order valence-electron chi connectivity index (χ4n) is 3.84. The number of methoxy groups -OCH3 is 2. The molecule has 2 aromatic carbocycles. The number of nitrogens with zero attached hydrogens (tertiary/aromatic N) is 1. The average molecular weight is 461 g/mol. The van der Waals surface area contributed by atoms with Crippen LogP contribution in [-0.2, 0) is 6.54 Å². The summed E-state index contributed by atoms with van der Waals surface area (Å²) in [6, 6.07) is 13.8. The first-order valence-corrected chi connectivity index (χ1v) is 10.5. The van der Waals surface area contributed by atoms with Gasteiger partial charge in [-0.2, -0.15) is 4.39 Å². The quantitative estimate of drug-likeness (QED) is 0.462. The van der Waals surface area contributed by atoms with Gasteiger partial charge in [-0.1, -0.05) is 30.3 Å². The molecular weight excluding hydrogens is 437 g/mol. The van der Waals surface area contributed by atoms with E-state index in [2.05, 4.69) is 15.6 Å². The molecular formula is C26H24FN3O4. The number of hydrogen-bond donors (Lipinski definition) is 3. The number of allylic oxidation sites excluding steroid dienone is 2. The van der Waals surface area contributed by atoms with E-state index in [1.807, 2.05) is 43.3 Å². The molecule has 8 heteroatoms. The van der Waals surface area contributed by atoms with Crippen molar-refractivity contribution in [2.45, 2.75) is 13.5 Å². The number of rotatable bonds is 6. The number of hydrogen-bond acceptors (Lipinski definition) is 5. The molecule has 174 valence electrons. The number of carbonyl (C=O) groups is 1. The van der Waals surface area contributed by atoms with Crippen LogP contribution >= 0.6 is 0 Å². The number of pyridine rings is 1. The van der Waals surface area contributed by atoms with Gasteiger partial charge in [0.2, 0.25) is 11.7 Å². The highest BCUT2D eigenvalue weighted by molar-refractivity contribution is 6.07. The van der Waals surface area contributed by atoms with E-state index in [1.165, 1.54) is 26.5 Å². The minimum atomic E-state index is -0.631. The molecule has 0 radical (unpaired) electrons. The summed E-state index contributed by atoms with van der Waals surface area (Å²) in [4.78, 5) is 16.4. The molecule has 0 saturated heterocycles. The molecule has 3 aromatic rings. The van der Waals surface area contributed by atoms with E-state index in [1.54, 1.807) is 12.1 Å². The van der Waals surface area contributed by atoms with Crippen LogP contribution in [0.25, 0.3) is 17.3 Å². The lowest BCUT2D eigenvalue weighted by Gasteiger charge is -2.11. The number of carbonyl (C=O) groups excluding carboxylic acids is 1. The summed E-state index contributed by atoms with van der Waals surface area (Å²) >= 11 is 0. The van der Waals surface area contributed by atoms with Crippen molar-refractivity contribution in [1.29, 1.82) is 0 Å². The normalized spacial score (nSPS) is 13.6. The monoisotopic (exact) mass is 461 g/mol. The predicted octanol–water partition coefficient (Wildman–Crippen LogP) is 4.73. The van der Waals surface area contributed by atoms with Crippen LogP contribution in [0, 0.1) is 5.95 Å². The third kappa shape index (κ3) is 4.56. The van der Waals surface area contributed by atoms with Crippen molar-refractivity contribution in [2.24, 2.45) is 0 Å². The molecule has 34 heavy (non-hydrogen) atoms. The highest BCUT2D eigenvalue weighted by Gasteiger charge is 2.26. The van der Waals surface area contributed by atoms with Gasteiger partial charge in [0.1, 0.15) is 0 Å². The molecule has 0 unspecified atom stereocenters. The van der Waals surface area contributed by atoms with Gasteiger partial charge in [0.25, 0.3) is 0 Å². The van der Waals surface area contributed by atoms with Crippen LogP contribution in [0.4, 0.5) is 9.18 Å². The lowest BCUT2D eigenvalue weighted by atomic mass is 10.0. The van der Waals surface area contributed by atoms with Gasteiger partial charge in [-0.05, 0) is 53.0 Å². The van der Waals surface area contributed by atoms with E-state index in [-0.39, 0.29) is 23.3 Å². The Hall–Kier alpha value is -4.33. The van der Waals surface area contributed by atoms with Crippen molar-refractivity contribution >= 4 is 23.4 Å². The maximum atomic E-state index is 14.1. The van der Waals surface area contributed by atoms with Crippen LogP contribution in [0.2, 0.25) is 0 Å². The Morgan fingerprint density at radius 3 is 2.41 bits per heavy atom. The Kier molecular flexibility index (Phi) is 6.49. The number of aromatic hydroxyl groups is 1. The van der Waals surface area contributed by atoms with E-state index in [0.717, 1.165) is 11.1 Å². The number of urea groups is 1. The third-order valence-corrected chi connectivity index (χ3v) is 5.56. The van der Waals surface area contributed by atoms with Crippen molar-refractivity contribution in [3.63, 3.8) is 0 Å². The van der Waals surface area contributed by atoms with E-state index in [0.29, 0.717) is 34.5 Å². The molecule has 1 heterocycles. The summed E-state index contributed by atoms with van der Waals surface area (Å²) in [7, 11) is 2.89. The Morgan fingerprint density at radius 1 is 1.09 bits per heavy atom. The molecule has 0 spiro atoms. The van der Waals surface area contributed by atoms with Crippen LogP contribution in [0.15, 0.2) is 60.3 Å². The standard InChI is InChI=1S/C26H24FN3O4/c1-15-18(9-17-10-21(33-2)25(31)22(11-17)34-3)19-12-23(27)28-14-20(19)24(15)30-26(32)29-13-16-7-5-4-6-8-16/h4-12,14,31H,13H2,1-3H3,(H2,29,30,32). The zero-order valence-corrected chi connectivity index (χ0v) is 19.0. The second-order valence-electron chi connectivity index (χ2n) is 7.68. The topological polar surface area (TPSA) is 92.7 Å². The molecule has 1 aliphatic carbocycles. The van der Waals surface area contributed by atoms with Gasteiger partial charge in [0.15, 0.2) is 11.5 Å². The largest absolute Gasteiger partial charge is 0.502 e. The summed E-state index contributed by atoms with van der Waals surface area (Å²) in [6.45, 7) is 2.20. The molecule has 1 aromatic heterocycles. The van der Waals surface area contributed by atoms with Crippen LogP contribution < -0.4 is 20.1 Å². The molecule has 4 rings (SSSR count). The van der Waals surface area contributed by atoms with Crippen molar-refractivity contribution in [3.8, 4) is 17.2 Å². The predicted molar refractivity (Wildman–Crippen MR) is 128 cm³/mol. The Labute approximate surface area is 196 Å². The first-order valence-electron chi connectivity index (χ1n) is 10.5. The summed E-state index contributed by atoms with van der Waals surface area (Å²) < 4.78 is 24.5. The molecule has 2 amide bonds. The average Bonchev–Trinajstić information content (AvgIpc) is 3.09. The number of aromatic nitrogens is 1. The van der Waals surface area contributed by atoms with Crippen molar-refractivity contribution in [2.75, 3.05) is 14.2 Å². The highest BCUT2D eigenvalue weighted by Crippen LogP contribution is 2.43. The van der Waals surface area contributed by atoms with E-state index < -0.39 is 5.95 Å². The number of phenolic OH excluding ortho intramolecular Hbond substituents is 1. The van der Waals surface area contributed by atoms with Crippen molar-refractivity contribution in [3.05, 3.63) is 88.5 Å². The Morgan fingerprint density at radius 2 is 1.76 bits per heavy atom. The molecule has 0 saturated carbocycles. The van der Waals surface area contributed by atoms with E-state index in [9.17, 15) is 14.3 Å². The molecule has 0 bridgehead atoms. The minimum absolute atomic E-state index is 0.112. The smallest absolute Gasteiger partial charge is 0.319 e. The first-order chi connectivity index (χ1) is 16.4. The highest BCUT2D eigenvalue weighted by atomic mass is 19.1. The second-order valence-corrected chi connectivity index (χ2v) is 7.68. The molecule has 0 atom stereocenters. The lowest BCUT2D eigenvalue weighted by molar-refractivity contribution is 0.244. The molecule has 0 fully saturated rings. The molecule has 1 aliphatic rings. The second kappa shape index (κ2) is 9.66. The summed E-state index contributed by atoms with van der Waals surface area (Å²) in [6.07, 6.45) is 3.22. The zero-order valence-electron chi connectivity index (χ0n) is 19.0. The van der Waals surface area contributed by atoms with Gasteiger partial charge in [0, 0.05) is 24.4 Å². The van der Waals surface area contributed by atoms with Gasteiger partial charge in [0.05, 0.1) is 19.9 Å². The van der Waals surface area contributed by atoms with Gasteiger partial charge < -0.3 is 25.2 Å². The number of benzene rings is 2. The molecule has 3 N–H and O–H groups in total. The number of halogens is 1. The van der Waals surface area contributed by atoms with Crippen LogP contribution in [0.5, 0.6) is 17.2 Å². The van der Waals surface area contributed by atoms with Crippen molar-refractivity contribution in [1.82, 2.24) is 15.6 Å². The van der Waals surface area contributed by atoms with Gasteiger partial charge in [-0.3, -0.25) is 0 Å². The molecule has 7 nitrogen and oxygen atoms in total.